The van der Waals surface area contributed by atoms with Gasteiger partial charge in [-0.15, -0.1) is 0 Å². The van der Waals surface area contributed by atoms with Crippen LogP contribution in [0.15, 0.2) is 48.5 Å². The molecule has 0 aromatic heterocycles. The number of carbonyl (C=O) groups excluding carboxylic acids is 1. The van der Waals surface area contributed by atoms with Crippen molar-refractivity contribution in [1.29, 1.82) is 0 Å². The molecule has 164 valence electrons. The summed E-state index contributed by atoms with van der Waals surface area (Å²) in [4.78, 5) is 12.1. The molecule has 0 aliphatic carbocycles. The quantitative estimate of drug-likeness (QED) is 0.519. The third-order valence-electron chi connectivity index (χ3n) is 4.31. The van der Waals surface area contributed by atoms with Gasteiger partial charge in [0.1, 0.15) is 18.1 Å². The van der Waals surface area contributed by atoms with Gasteiger partial charge in [-0.3, -0.25) is 9.10 Å². The Morgan fingerprint density at radius 1 is 1.07 bits per heavy atom. The Kier molecular flexibility index (Phi) is 8.98. The standard InChI is InChI=1S/C22H30N2O5S/c1-4-28-21-9-6-5-8-20(21)24(30(3,26)27)16-7-10-22(25)23-15-17-29-19-13-11-18(2)12-14-19/h5-6,8-9,11-14H,4,7,10,15-17H2,1-3H3,(H,23,25). The molecule has 0 heterocycles. The lowest BCUT2D eigenvalue weighted by Gasteiger charge is -2.24. The highest BCUT2D eigenvalue weighted by atomic mass is 32.2. The van der Waals surface area contributed by atoms with Crippen LogP contribution in [-0.4, -0.2) is 46.9 Å². The van der Waals surface area contributed by atoms with Crippen LogP contribution >= 0.6 is 0 Å². The van der Waals surface area contributed by atoms with Gasteiger partial charge in [-0.1, -0.05) is 29.8 Å². The minimum Gasteiger partial charge on any atom is -0.492 e. The van der Waals surface area contributed by atoms with Crippen molar-refractivity contribution < 1.29 is 22.7 Å². The Hall–Kier alpha value is -2.74. The first-order valence-electron chi connectivity index (χ1n) is 9.97. The number of benzene rings is 2. The van der Waals surface area contributed by atoms with E-state index < -0.39 is 10.0 Å². The number of ether oxygens (including phenoxy) is 2. The topological polar surface area (TPSA) is 84.9 Å². The molecule has 7 nitrogen and oxygen atoms in total. The molecule has 0 radical (unpaired) electrons. The molecular formula is C22H30N2O5S. The van der Waals surface area contributed by atoms with E-state index in [1.165, 1.54) is 4.31 Å². The van der Waals surface area contributed by atoms with Crippen LogP contribution in [0.25, 0.3) is 0 Å². The summed E-state index contributed by atoms with van der Waals surface area (Å²) in [7, 11) is -3.51. The average molecular weight is 435 g/mol. The van der Waals surface area contributed by atoms with Crippen molar-refractivity contribution in [3.8, 4) is 11.5 Å². The number of para-hydroxylation sites is 2. The second-order valence-corrected chi connectivity index (χ2v) is 8.76. The fraction of sp³-hybridized carbons (Fsp3) is 0.409. The Morgan fingerprint density at radius 2 is 1.77 bits per heavy atom. The van der Waals surface area contributed by atoms with Crippen molar-refractivity contribution in [2.45, 2.75) is 26.7 Å². The molecule has 1 N–H and O–H groups in total. The minimum absolute atomic E-state index is 0.144. The number of carbonyl (C=O) groups is 1. The van der Waals surface area contributed by atoms with Crippen LogP contribution in [-0.2, 0) is 14.8 Å². The molecule has 0 spiro atoms. The molecule has 0 atom stereocenters. The highest BCUT2D eigenvalue weighted by molar-refractivity contribution is 7.92. The molecule has 0 aliphatic heterocycles. The summed E-state index contributed by atoms with van der Waals surface area (Å²) in [6.45, 7) is 5.22. The summed E-state index contributed by atoms with van der Waals surface area (Å²) >= 11 is 0. The summed E-state index contributed by atoms with van der Waals surface area (Å²) in [5.41, 5.74) is 1.64. The van der Waals surface area contributed by atoms with Gasteiger partial charge >= 0.3 is 0 Å². The summed E-state index contributed by atoms with van der Waals surface area (Å²) in [6.07, 6.45) is 1.75. The van der Waals surface area contributed by atoms with Gasteiger partial charge in [0, 0.05) is 13.0 Å². The molecule has 0 saturated heterocycles. The monoisotopic (exact) mass is 434 g/mol. The first-order chi connectivity index (χ1) is 14.3. The molecule has 2 aromatic rings. The van der Waals surface area contributed by atoms with Crippen LogP contribution in [0.1, 0.15) is 25.3 Å². The lowest BCUT2D eigenvalue weighted by Crippen LogP contribution is -2.33. The van der Waals surface area contributed by atoms with Crippen molar-refractivity contribution in [1.82, 2.24) is 5.32 Å². The van der Waals surface area contributed by atoms with Gasteiger partial charge in [0.15, 0.2) is 0 Å². The lowest BCUT2D eigenvalue weighted by atomic mass is 10.2. The highest BCUT2D eigenvalue weighted by Gasteiger charge is 2.21. The van der Waals surface area contributed by atoms with Gasteiger partial charge in [0.05, 0.1) is 25.1 Å². The molecule has 0 unspecified atom stereocenters. The normalized spacial score (nSPS) is 11.0. The fourth-order valence-corrected chi connectivity index (χ4v) is 3.84. The molecule has 2 rings (SSSR count). The smallest absolute Gasteiger partial charge is 0.232 e. The molecule has 0 saturated carbocycles. The molecule has 0 bridgehead atoms. The maximum Gasteiger partial charge on any atom is 0.232 e. The van der Waals surface area contributed by atoms with Crippen molar-refractivity contribution >= 4 is 21.6 Å². The van der Waals surface area contributed by atoms with Crippen molar-refractivity contribution in [2.75, 3.05) is 36.9 Å². The van der Waals surface area contributed by atoms with E-state index in [1.807, 2.05) is 38.1 Å². The van der Waals surface area contributed by atoms with Gasteiger partial charge < -0.3 is 14.8 Å². The zero-order chi connectivity index (χ0) is 22.0. The SMILES string of the molecule is CCOc1ccccc1N(CCCC(=O)NCCOc1ccc(C)cc1)S(C)(=O)=O. The molecule has 2 aromatic carbocycles. The van der Waals surface area contributed by atoms with Gasteiger partial charge in [-0.05, 0) is 44.5 Å². The van der Waals surface area contributed by atoms with E-state index in [1.54, 1.807) is 24.3 Å². The predicted octanol–water partition coefficient (Wildman–Crippen LogP) is 3.14. The fourth-order valence-electron chi connectivity index (χ4n) is 2.87. The molecular weight excluding hydrogens is 404 g/mol. The summed E-state index contributed by atoms with van der Waals surface area (Å²) in [5.74, 6) is 1.11. The lowest BCUT2D eigenvalue weighted by molar-refractivity contribution is -0.121. The van der Waals surface area contributed by atoms with Gasteiger partial charge in [0.25, 0.3) is 0 Å². The predicted molar refractivity (Wildman–Crippen MR) is 119 cm³/mol. The summed E-state index contributed by atoms with van der Waals surface area (Å²) in [6, 6.07) is 14.7. The molecule has 8 heteroatoms. The number of hydrogen-bond donors (Lipinski definition) is 1. The van der Waals surface area contributed by atoms with Crippen LogP contribution in [0.2, 0.25) is 0 Å². The third kappa shape index (κ3) is 7.59. The number of amides is 1. The molecule has 0 fully saturated rings. The van der Waals surface area contributed by atoms with Gasteiger partial charge in [-0.2, -0.15) is 0 Å². The van der Waals surface area contributed by atoms with Crippen LogP contribution in [0.3, 0.4) is 0 Å². The number of nitrogens with zero attached hydrogens (tertiary/aromatic N) is 1. The van der Waals surface area contributed by atoms with Crippen molar-refractivity contribution in [3.63, 3.8) is 0 Å². The number of sulfonamides is 1. The zero-order valence-electron chi connectivity index (χ0n) is 17.8. The van der Waals surface area contributed by atoms with Gasteiger partial charge in [0.2, 0.25) is 15.9 Å². The molecule has 30 heavy (non-hydrogen) atoms. The maximum atomic E-state index is 12.3. The van der Waals surface area contributed by atoms with Crippen LogP contribution < -0.4 is 19.1 Å². The van der Waals surface area contributed by atoms with E-state index in [9.17, 15) is 13.2 Å². The van der Waals surface area contributed by atoms with E-state index in [-0.39, 0.29) is 18.9 Å². The molecule has 0 aliphatic rings. The summed E-state index contributed by atoms with van der Waals surface area (Å²) in [5, 5.41) is 2.79. The number of rotatable bonds is 12. The number of nitrogens with one attached hydrogen (secondary N) is 1. The largest absolute Gasteiger partial charge is 0.492 e. The molecule has 1 amide bonds. The van der Waals surface area contributed by atoms with Crippen LogP contribution in [0.4, 0.5) is 5.69 Å². The van der Waals surface area contributed by atoms with Crippen LogP contribution in [0.5, 0.6) is 11.5 Å². The van der Waals surface area contributed by atoms with E-state index in [4.69, 9.17) is 9.47 Å². The van der Waals surface area contributed by atoms with E-state index >= 15 is 0 Å². The first kappa shape index (κ1) is 23.5. The Balaban J connectivity index is 1.81. The Morgan fingerprint density at radius 3 is 2.43 bits per heavy atom. The second-order valence-electron chi connectivity index (χ2n) is 6.85. The van der Waals surface area contributed by atoms with Crippen molar-refractivity contribution in [3.05, 3.63) is 54.1 Å². The minimum atomic E-state index is -3.51. The Labute approximate surface area is 179 Å². The Bertz CT molecular complexity index is 913. The van der Waals surface area contributed by atoms with E-state index in [0.717, 1.165) is 17.6 Å². The van der Waals surface area contributed by atoms with Crippen LogP contribution in [0, 0.1) is 6.92 Å². The summed E-state index contributed by atoms with van der Waals surface area (Å²) < 4.78 is 37.0. The maximum absolute atomic E-state index is 12.3. The average Bonchev–Trinajstić information content (AvgIpc) is 2.70. The first-order valence-corrected chi connectivity index (χ1v) is 11.8. The number of hydrogen-bond acceptors (Lipinski definition) is 5. The van der Waals surface area contributed by atoms with Gasteiger partial charge in [-0.25, -0.2) is 8.42 Å². The van der Waals surface area contributed by atoms with Crippen molar-refractivity contribution in [2.24, 2.45) is 0 Å². The second kappa shape index (κ2) is 11.4. The third-order valence-corrected chi connectivity index (χ3v) is 5.49. The zero-order valence-corrected chi connectivity index (χ0v) is 18.6. The van der Waals surface area contributed by atoms with E-state index in [2.05, 4.69) is 5.32 Å². The highest BCUT2D eigenvalue weighted by Crippen LogP contribution is 2.30. The number of anilines is 1. The van der Waals surface area contributed by atoms with E-state index in [0.29, 0.717) is 37.6 Å². The number of aryl methyl sites for hydroxylation is 1.